The van der Waals surface area contributed by atoms with E-state index in [1.807, 2.05) is 38.1 Å². The van der Waals surface area contributed by atoms with Crippen LogP contribution in [0.1, 0.15) is 38.8 Å². The van der Waals surface area contributed by atoms with E-state index < -0.39 is 5.41 Å². The van der Waals surface area contributed by atoms with Crippen LogP contribution in [-0.2, 0) is 11.2 Å². The van der Waals surface area contributed by atoms with Gasteiger partial charge in [-0.25, -0.2) is 0 Å². The summed E-state index contributed by atoms with van der Waals surface area (Å²) in [6.07, 6.45) is 0.297. The van der Waals surface area contributed by atoms with Crippen molar-refractivity contribution in [3.8, 4) is 0 Å². The van der Waals surface area contributed by atoms with E-state index in [1.54, 1.807) is 41.1 Å². The molecular weight excluding hydrogens is 352 g/mol. The van der Waals surface area contributed by atoms with Crippen LogP contribution in [0.15, 0.2) is 48.5 Å². The quantitative estimate of drug-likeness (QED) is 0.810. The minimum Gasteiger partial charge on any atom is -0.339 e. The maximum absolute atomic E-state index is 13.4. The number of likely N-dealkylation sites (N-methyl/N-ethyl adjacent to an activating group) is 1. The Morgan fingerprint density at radius 3 is 2.39 bits per heavy atom. The molecule has 0 N–H and O–H groups in total. The van der Waals surface area contributed by atoms with Gasteiger partial charge >= 0.3 is 0 Å². The third kappa shape index (κ3) is 2.82. The number of nitrogens with zero attached hydrogens (tertiary/aromatic N) is 2. The lowest BCUT2D eigenvalue weighted by Gasteiger charge is -2.32. The molecule has 2 aliphatic rings. The lowest BCUT2D eigenvalue weighted by molar-refractivity contribution is -0.129. The second-order valence-electron chi connectivity index (χ2n) is 8.16. The Bertz CT molecular complexity index is 966. The fourth-order valence-corrected chi connectivity index (χ4v) is 4.44. The van der Waals surface area contributed by atoms with E-state index >= 15 is 0 Å². The zero-order valence-electron chi connectivity index (χ0n) is 16.4. The van der Waals surface area contributed by atoms with Gasteiger partial charge in [0, 0.05) is 25.7 Å². The number of rotatable bonds is 2. The summed E-state index contributed by atoms with van der Waals surface area (Å²) in [5.74, 6) is -0.234. The third-order valence-corrected chi connectivity index (χ3v) is 6.19. The highest BCUT2D eigenvalue weighted by Crippen LogP contribution is 2.40. The van der Waals surface area contributed by atoms with Crippen molar-refractivity contribution < 1.29 is 14.4 Å². The fourth-order valence-electron chi connectivity index (χ4n) is 4.44. The van der Waals surface area contributed by atoms with Crippen LogP contribution in [0, 0.1) is 12.3 Å². The van der Waals surface area contributed by atoms with Gasteiger partial charge in [-0.2, -0.15) is 0 Å². The van der Waals surface area contributed by atoms with Crippen molar-refractivity contribution in [3.05, 3.63) is 70.8 Å². The number of ketones is 1. The normalized spacial score (nSPS) is 24.0. The Morgan fingerprint density at radius 2 is 1.71 bits per heavy atom. The van der Waals surface area contributed by atoms with Crippen molar-refractivity contribution in [2.24, 2.45) is 5.41 Å². The molecule has 1 saturated heterocycles. The van der Waals surface area contributed by atoms with E-state index in [0.717, 1.165) is 11.1 Å². The first-order valence-corrected chi connectivity index (χ1v) is 9.55. The van der Waals surface area contributed by atoms with Gasteiger partial charge in [0.25, 0.3) is 5.91 Å². The highest BCUT2D eigenvalue weighted by molar-refractivity contribution is 6.12. The molecule has 144 valence electrons. The van der Waals surface area contributed by atoms with Crippen molar-refractivity contribution in [2.45, 2.75) is 26.3 Å². The number of carbonyl (C=O) groups excluding carboxylic acids is 3. The summed E-state index contributed by atoms with van der Waals surface area (Å²) in [6, 6.07) is 14.5. The molecule has 4 rings (SSSR count). The third-order valence-electron chi connectivity index (χ3n) is 6.19. The summed E-state index contributed by atoms with van der Waals surface area (Å²) in [4.78, 5) is 42.6. The van der Waals surface area contributed by atoms with Gasteiger partial charge in [-0.05, 0) is 25.5 Å². The molecule has 2 aliphatic heterocycles. The molecule has 2 amide bonds. The number of hydrogen-bond donors (Lipinski definition) is 0. The van der Waals surface area contributed by atoms with Crippen molar-refractivity contribution in [1.29, 1.82) is 0 Å². The number of aryl methyl sites for hydroxylation is 1. The molecular formula is C23H24N2O3. The molecule has 2 aromatic rings. The van der Waals surface area contributed by atoms with Crippen LogP contribution in [0.3, 0.4) is 0 Å². The van der Waals surface area contributed by atoms with Gasteiger partial charge in [-0.3, -0.25) is 14.4 Å². The van der Waals surface area contributed by atoms with Crippen molar-refractivity contribution in [1.82, 2.24) is 9.80 Å². The van der Waals surface area contributed by atoms with Crippen LogP contribution < -0.4 is 0 Å². The Balaban J connectivity index is 1.63. The van der Waals surface area contributed by atoms with E-state index in [-0.39, 0.29) is 23.6 Å². The van der Waals surface area contributed by atoms with Crippen LogP contribution >= 0.6 is 0 Å². The van der Waals surface area contributed by atoms with Crippen molar-refractivity contribution >= 4 is 17.6 Å². The summed E-state index contributed by atoms with van der Waals surface area (Å²) < 4.78 is 0. The Kier molecular flexibility index (Phi) is 4.33. The molecule has 0 aromatic heterocycles. The molecule has 0 aliphatic carbocycles. The predicted octanol–water partition coefficient (Wildman–Crippen LogP) is 2.72. The van der Waals surface area contributed by atoms with Gasteiger partial charge in [0.05, 0.1) is 23.4 Å². The summed E-state index contributed by atoms with van der Waals surface area (Å²) in [5, 5.41) is 0. The number of hydrogen-bond acceptors (Lipinski definition) is 3. The van der Waals surface area contributed by atoms with Crippen molar-refractivity contribution in [2.75, 3.05) is 20.1 Å². The molecule has 0 bridgehead atoms. The number of amides is 2. The Morgan fingerprint density at radius 1 is 1.07 bits per heavy atom. The number of Topliss-reactive ketones (excluding diaryl/α,β-unsaturated/α-hetero) is 1. The van der Waals surface area contributed by atoms with E-state index in [4.69, 9.17) is 0 Å². The van der Waals surface area contributed by atoms with Gasteiger partial charge in [-0.15, -0.1) is 0 Å². The monoisotopic (exact) mass is 376 g/mol. The number of carbonyl (C=O) groups is 3. The molecule has 0 saturated carbocycles. The van der Waals surface area contributed by atoms with E-state index in [9.17, 15) is 14.4 Å². The molecule has 0 spiro atoms. The highest BCUT2D eigenvalue weighted by atomic mass is 16.2. The number of benzene rings is 2. The molecule has 1 fully saturated rings. The van der Waals surface area contributed by atoms with Crippen LogP contribution in [0.2, 0.25) is 0 Å². The molecule has 5 heteroatoms. The summed E-state index contributed by atoms with van der Waals surface area (Å²) >= 11 is 0. The predicted molar refractivity (Wildman–Crippen MR) is 106 cm³/mol. The van der Waals surface area contributed by atoms with Crippen LogP contribution in [0.4, 0.5) is 0 Å². The van der Waals surface area contributed by atoms with Crippen LogP contribution in [0.5, 0.6) is 0 Å². The second kappa shape index (κ2) is 6.59. The SMILES string of the molecule is Cc1ccc(CC(=O)N2C[C@H]3N(C)C(=O)c4ccccc4C(=O)[C@@]3(C)C2)cc1. The average molecular weight is 376 g/mol. The largest absolute Gasteiger partial charge is 0.339 e. The van der Waals surface area contributed by atoms with Crippen LogP contribution in [-0.4, -0.2) is 53.6 Å². The van der Waals surface area contributed by atoms with Gasteiger partial charge in [0.1, 0.15) is 0 Å². The lowest BCUT2D eigenvalue weighted by atomic mass is 9.78. The van der Waals surface area contributed by atoms with E-state index in [2.05, 4.69) is 0 Å². The molecule has 0 radical (unpaired) electrons. The topological polar surface area (TPSA) is 57.7 Å². The summed E-state index contributed by atoms with van der Waals surface area (Å²) in [5.41, 5.74) is 2.20. The fraction of sp³-hybridized carbons (Fsp3) is 0.348. The molecule has 5 nitrogen and oxygen atoms in total. The maximum atomic E-state index is 13.4. The van der Waals surface area contributed by atoms with Gasteiger partial charge in [-0.1, -0.05) is 48.0 Å². The van der Waals surface area contributed by atoms with E-state index in [0.29, 0.717) is 30.6 Å². The first kappa shape index (κ1) is 18.4. The zero-order valence-corrected chi connectivity index (χ0v) is 16.4. The molecule has 2 heterocycles. The second-order valence-corrected chi connectivity index (χ2v) is 8.16. The smallest absolute Gasteiger partial charge is 0.254 e. The van der Waals surface area contributed by atoms with Gasteiger partial charge in [0.2, 0.25) is 5.91 Å². The first-order valence-electron chi connectivity index (χ1n) is 9.55. The van der Waals surface area contributed by atoms with Gasteiger partial charge < -0.3 is 9.80 Å². The summed E-state index contributed by atoms with van der Waals surface area (Å²) in [7, 11) is 1.73. The van der Waals surface area contributed by atoms with Crippen molar-refractivity contribution in [3.63, 3.8) is 0 Å². The lowest BCUT2D eigenvalue weighted by Crippen LogP contribution is -2.48. The van der Waals surface area contributed by atoms with E-state index in [1.165, 1.54) is 0 Å². The molecule has 2 aromatic carbocycles. The molecule has 2 atom stereocenters. The van der Waals surface area contributed by atoms with Crippen LogP contribution in [0.25, 0.3) is 0 Å². The Labute approximate surface area is 164 Å². The standard InChI is InChI=1S/C23H24N2O3/c1-15-8-10-16(11-9-15)12-20(26)25-13-19-23(2,14-25)21(27)17-6-4-5-7-18(17)22(28)24(19)3/h4-11,19H,12-14H2,1-3H3/t19-,23+/m1/s1. The Hall–Kier alpha value is -2.95. The minimum atomic E-state index is -0.806. The minimum absolute atomic E-state index is 0.0138. The molecule has 28 heavy (non-hydrogen) atoms. The highest BCUT2D eigenvalue weighted by Gasteiger charge is 2.54. The summed E-state index contributed by atoms with van der Waals surface area (Å²) in [6.45, 7) is 4.60. The number of likely N-dealkylation sites (tertiary alicyclic amines) is 1. The zero-order chi connectivity index (χ0) is 20.1. The van der Waals surface area contributed by atoms with Gasteiger partial charge in [0.15, 0.2) is 5.78 Å². The molecule has 0 unspecified atom stereocenters. The average Bonchev–Trinajstić information content (AvgIpc) is 3.04. The number of fused-ring (bicyclic) bond motifs is 2. The maximum Gasteiger partial charge on any atom is 0.254 e. The first-order chi connectivity index (χ1) is 13.3.